The number of carbonyl (C=O) groups is 1. The maximum atomic E-state index is 11.8. The van der Waals surface area contributed by atoms with Gasteiger partial charge in [0.15, 0.2) is 0 Å². The van der Waals surface area contributed by atoms with Gasteiger partial charge in [-0.25, -0.2) is 4.98 Å². The third-order valence-electron chi connectivity index (χ3n) is 3.74. The second kappa shape index (κ2) is 5.01. The maximum Gasteiger partial charge on any atom is 0.314 e. The summed E-state index contributed by atoms with van der Waals surface area (Å²) < 4.78 is 0. The van der Waals surface area contributed by atoms with E-state index in [0.717, 1.165) is 16.6 Å². The number of carboxylic acid groups (broad SMARTS) is 1. The molecule has 2 aromatic heterocycles. The van der Waals surface area contributed by atoms with Crippen LogP contribution in [0.25, 0.3) is 11.0 Å². The lowest BCUT2D eigenvalue weighted by atomic mass is 9.79. The lowest BCUT2D eigenvalue weighted by Crippen LogP contribution is -2.35. The van der Waals surface area contributed by atoms with Gasteiger partial charge in [0.25, 0.3) is 0 Å². The third kappa shape index (κ3) is 2.38. The van der Waals surface area contributed by atoms with Crippen molar-refractivity contribution < 1.29 is 9.90 Å². The Bertz CT molecular complexity index is 749. The minimum Gasteiger partial charge on any atom is -0.481 e. The van der Waals surface area contributed by atoms with E-state index in [9.17, 15) is 9.90 Å². The smallest absolute Gasteiger partial charge is 0.314 e. The Morgan fingerprint density at radius 2 is 2.05 bits per heavy atom. The number of H-pyrrole nitrogens is 1. The molecule has 1 atom stereocenters. The molecule has 0 aliphatic rings. The average molecular weight is 281 g/mol. The first-order valence-corrected chi connectivity index (χ1v) is 6.67. The van der Waals surface area contributed by atoms with Gasteiger partial charge in [-0.15, -0.1) is 0 Å². The molecule has 2 N–H and O–H groups in total. The number of pyridine rings is 1. The fourth-order valence-corrected chi connectivity index (χ4v) is 2.44. The predicted octanol–water partition coefficient (Wildman–Crippen LogP) is 2.54. The van der Waals surface area contributed by atoms with Crippen molar-refractivity contribution in [2.45, 2.75) is 18.8 Å². The molecular weight excluding hydrogens is 266 g/mol. The lowest BCUT2D eigenvalue weighted by molar-refractivity contribution is -0.143. The van der Waals surface area contributed by atoms with E-state index in [1.54, 1.807) is 25.4 Å². The van der Waals surface area contributed by atoms with Crippen LogP contribution in [0.15, 0.2) is 48.8 Å². The quantitative estimate of drug-likeness (QED) is 0.770. The predicted molar refractivity (Wildman–Crippen MR) is 79.0 cm³/mol. The molecule has 2 heterocycles. The van der Waals surface area contributed by atoms with Gasteiger partial charge in [0.05, 0.1) is 22.6 Å². The Hall–Kier alpha value is -2.69. The number of aromatic amines is 1. The van der Waals surface area contributed by atoms with Crippen LogP contribution in [0.2, 0.25) is 0 Å². The van der Waals surface area contributed by atoms with Gasteiger partial charge < -0.3 is 10.1 Å². The molecule has 0 fully saturated rings. The van der Waals surface area contributed by atoms with Crippen molar-refractivity contribution in [2.24, 2.45) is 0 Å². The standard InChI is InChI=1S/C16H15N3O2/c1-16(15(20)21,11-5-3-2-4-6-11)9-14-18-12-7-8-17-10-13(12)19-14/h2-8,10H,9H2,1H3,(H,18,19)(H,20,21). The summed E-state index contributed by atoms with van der Waals surface area (Å²) in [7, 11) is 0. The number of carboxylic acids is 1. The first-order chi connectivity index (χ1) is 10.1. The SMILES string of the molecule is CC(Cc1nc2ccncc2[nH]1)(C(=O)O)c1ccccc1. The normalized spacial score (nSPS) is 14.0. The highest BCUT2D eigenvalue weighted by molar-refractivity contribution is 5.81. The lowest BCUT2D eigenvalue weighted by Gasteiger charge is -2.24. The van der Waals surface area contributed by atoms with E-state index in [2.05, 4.69) is 15.0 Å². The molecule has 3 aromatic rings. The molecule has 0 amide bonds. The van der Waals surface area contributed by atoms with Crippen molar-refractivity contribution in [3.05, 3.63) is 60.2 Å². The summed E-state index contributed by atoms with van der Waals surface area (Å²) in [6.45, 7) is 1.72. The van der Waals surface area contributed by atoms with E-state index in [1.807, 2.05) is 30.3 Å². The second-order valence-electron chi connectivity index (χ2n) is 5.26. The van der Waals surface area contributed by atoms with E-state index in [4.69, 9.17) is 0 Å². The number of aromatic nitrogens is 3. The van der Waals surface area contributed by atoms with Crippen molar-refractivity contribution in [1.82, 2.24) is 15.0 Å². The van der Waals surface area contributed by atoms with Crippen LogP contribution in [0.3, 0.4) is 0 Å². The van der Waals surface area contributed by atoms with E-state index in [0.29, 0.717) is 12.2 Å². The van der Waals surface area contributed by atoms with Crippen molar-refractivity contribution >= 4 is 17.0 Å². The van der Waals surface area contributed by atoms with Crippen LogP contribution in [-0.2, 0) is 16.6 Å². The molecule has 0 bridgehead atoms. The zero-order chi connectivity index (χ0) is 14.9. The Kier molecular flexibility index (Phi) is 3.17. The van der Waals surface area contributed by atoms with Crippen LogP contribution in [0.4, 0.5) is 0 Å². The summed E-state index contributed by atoms with van der Waals surface area (Å²) in [4.78, 5) is 23.4. The van der Waals surface area contributed by atoms with E-state index >= 15 is 0 Å². The molecule has 1 unspecified atom stereocenters. The number of hydrogen-bond donors (Lipinski definition) is 2. The molecule has 0 aliphatic carbocycles. The molecule has 3 rings (SSSR count). The minimum absolute atomic E-state index is 0.293. The van der Waals surface area contributed by atoms with Gasteiger partial charge in [-0.1, -0.05) is 30.3 Å². The van der Waals surface area contributed by atoms with Gasteiger partial charge in [0.2, 0.25) is 0 Å². The van der Waals surface area contributed by atoms with Crippen molar-refractivity contribution in [3.63, 3.8) is 0 Å². The van der Waals surface area contributed by atoms with Crippen molar-refractivity contribution in [2.75, 3.05) is 0 Å². The number of hydrogen-bond acceptors (Lipinski definition) is 3. The molecule has 0 saturated heterocycles. The Morgan fingerprint density at radius 1 is 1.29 bits per heavy atom. The van der Waals surface area contributed by atoms with Crippen LogP contribution in [-0.4, -0.2) is 26.0 Å². The van der Waals surface area contributed by atoms with Gasteiger partial charge in [0.1, 0.15) is 5.82 Å². The van der Waals surface area contributed by atoms with Crippen LogP contribution >= 0.6 is 0 Å². The van der Waals surface area contributed by atoms with E-state index < -0.39 is 11.4 Å². The maximum absolute atomic E-state index is 11.8. The summed E-state index contributed by atoms with van der Waals surface area (Å²) in [6, 6.07) is 11.0. The van der Waals surface area contributed by atoms with Gasteiger partial charge in [-0.05, 0) is 18.6 Å². The first-order valence-electron chi connectivity index (χ1n) is 6.67. The fraction of sp³-hybridized carbons (Fsp3) is 0.188. The molecular formula is C16H15N3O2. The summed E-state index contributed by atoms with van der Waals surface area (Å²) in [5.74, 6) is -0.223. The highest BCUT2D eigenvalue weighted by atomic mass is 16.4. The summed E-state index contributed by atoms with van der Waals surface area (Å²) in [5, 5.41) is 9.67. The fourth-order valence-electron chi connectivity index (χ4n) is 2.44. The topological polar surface area (TPSA) is 78.9 Å². The monoisotopic (exact) mass is 281 g/mol. The third-order valence-corrected chi connectivity index (χ3v) is 3.74. The first kappa shape index (κ1) is 13.3. The number of imidazole rings is 1. The molecule has 21 heavy (non-hydrogen) atoms. The highest BCUT2D eigenvalue weighted by Gasteiger charge is 2.36. The van der Waals surface area contributed by atoms with Gasteiger partial charge >= 0.3 is 5.97 Å². The van der Waals surface area contributed by atoms with Crippen LogP contribution in [0.1, 0.15) is 18.3 Å². The zero-order valence-corrected chi connectivity index (χ0v) is 11.6. The largest absolute Gasteiger partial charge is 0.481 e. The molecule has 0 aliphatic heterocycles. The molecule has 1 aromatic carbocycles. The molecule has 5 heteroatoms. The van der Waals surface area contributed by atoms with E-state index in [-0.39, 0.29) is 0 Å². The Labute approximate surface area is 121 Å². The number of aliphatic carboxylic acids is 1. The Morgan fingerprint density at radius 3 is 2.71 bits per heavy atom. The molecule has 106 valence electrons. The molecule has 0 spiro atoms. The number of benzene rings is 1. The van der Waals surface area contributed by atoms with Crippen LogP contribution in [0.5, 0.6) is 0 Å². The molecule has 0 saturated carbocycles. The number of rotatable bonds is 4. The number of nitrogens with one attached hydrogen (secondary N) is 1. The minimum atomic E-state index is -1.03. The van der Waals surface area contributed by atoms with E-state index in [1.165, 1.54) is 0 Å². The average Bonchev–Trinajstić information content (AvgIpc) is 2.89. The van der Waals surface area contributed by atoms with Gasteiger partial charge in [-0.2, -0.15) is 0 Å². The number of nitrogens with zero attached hydrogens (tertiary/aromatic N) is 2. The Balaban J connectivity index is 2.01. The van der Waals surface area contributed by atoms with Crippen molar-refractivity contribution in [3.8, 4) is 0 Å². The highest BCUT2D eigenvalue weighted by Crippen LogP contribution is 2.28. The second-order valence-corrected chi connectivity index (χ2v) is 5.26. The zero-order valence-electron chi connectivity index (χ0n) is 11.6. The molecule has 0 radical (unpaired) electrons. The van der Waals surface area contributed by atoms with Crippen molar-refractivity contribution in [1.29, 1.82) is 0 Å². The van der Waals surface area contributed by atoms with Crippen LogP contribution < -0.4 is 0 Å². The number of fused-ring (bicyclic) bond motifs is 1. The van der Waals surface area contributed by atoms with Crippen LogP contribution in [0, 0.1) is 0 Å². The molecule has 5 nitrogen and oxygen atoms in total. The summed E-state index contributed by atoms with van der Waals surface area (Å²) >= 11 is 0. The summed E-state index contributed by atoms with van der Waals surface area (Å²) in [6.07, 6.45) is 3.65. The summed E-state index contributed by atoms with van der Waals surface area (Å²) in [5.41, 5.74) is 1.34. The van der Waals surface area contributed by atoms with Gasteiger partial charge in [0, 0.05) is 12.6 Å². The van der Waals surface area contributed by atoms with Gasteiger partial charge in [-0.3, -0.25) is 9.78 Å².